The molecule has 2 heterocycles. The van der Waals surface area contributed by atoms with Crippen LogP contribution in [0.2, 0.25) is 10.2 Å². The van der Waals surface area contributed by atoms with Crippen LogP contribution in [0, 0.1) is 11.8 Å². The average molecular weight is 285 g/mol. The van der Waals surface area contributed by atoms with Crippen LogP contribution in [-0.4, -0.2) is 23.0 Å². The van der Waals surface area contributed by atoms with Gasteiger partial charge < -0.3 is 0 Å². The van der Waals surface area contributed by atoms with Crippen LogP contribution in [0.15, 0.2) is 12.1 Å². The fraction of sp³-hybridized carbons (Fsp3) is 0.643. The number of pyridine rings is 1. The second kappa shape index (κ2) is 5.36. The molecule has 18 heavy (non-hydrogen) atoms. The molecule has 1 aromatic rings. The zero-order valence-corrected chi connectivity index (χ0v) is 11.9. The summed E-state index contributed by atoms with van der Waals surface area (Å²) in [6, 6.07) is 3.59. The Bertz CT molecular complexity index is 424. The fourth-order valence-corrected chi connectivity index (χ4v) is 3.78. The number of rotatable bonds is 2. The molecule has 1 saturated heterocycles. The van der Waals surface area contributed by atoms with Crippen molar-refractivity contribution in [3.63, 3.8) is 0 Å². The number of halogens is 2. The van der Waals surface area contributed by atoms with Crippen LogP contribution in [0.3, 0.4) is 0 Å². The van der Waals surface area contributed by atoms with Crippen molar-refractivity contribution in [2.75, 3.05) is 13.1 Å². The molecule has 0 amide bonds. The summed E-state index contributed by atoms with van der Waals surface area (Å²) in [6.45, 7) is 3.23. The van der Waals surface area contributed by atoms with Gasteiger partial charge in [0.05, 0.1) is 10.7 Å². The molecule has 0 aromatic carbocycles. The summed E-state index contributed by atoms with van der Waals surface area (Å²) in [4.78, 5) is 6.86. The topological polar surface area (TPSA) is 16.1 Å². The molecule has 2 aliphatic rings. The Hall–Kier alpha value is -0.310. The lowest BCUT2D eigenvalue weighted by Gasteiger charge is -2.41. The predicted molar refractivity (Wildman–Crippen MR) is 75.0 cm³/mol. The molecule has 0 N–H and O–H groups in total. The van der Waals surface area contributed by atoms with Gasteiger partial charge in [-0.1, -0.05) is 29.6 Å². The summed E-state index contributed by atoms with van der Waals surface area (Å²) in [6.07, 6.45) is 5.62. The van der Waals surface area contributed by atoms with Crippen LogP contribution in [0.25, 0.3) is 0 Å². The Balaban J connectivity index is 1.70. The van der Waals surface area contributed by atoms with E-state index in [4.69, 9.17) is 23.2 Å². The molecule has 1 saturated carbocycles. The van der Waals surface area contributed by atoms with Gasteiger partial charge in [0.25, 0.3) is 0 Å². The molecule has 0 radical (unpaired) electrons. The molecule has 2 unspecified atom stereocenters. The van der Waals surface area contributed by atoms with E-state index in [1.165, 1.54) is 38.8 Å². The first-order chi connectivity index (χ1) is 8.70. The van der Waals surface area contributed by atoms with E-state index in [9.17, 15) is 0 Å². The second-order valence-corrected chi connectivity index (χ2v) is 6.45. The summed E-state index contributed by atoms with van der Waals surface area (Å²) >= 11 is 12.1. The zero-order valence-electron chi connectivity index (χ0n) is 10.4. The average Bonchev–Trinajstić information content (AvgIpc) is 2.33. The monoisotopic (exact) mass is 284 g/mol. The molecule has 2 nitrogen and oxygen atoms in total. The van der Waals surface area contributed by atoms with Crippen molar-refractivity contribution in [1.82, 2.24) is 9.88 Å². The van der Waals surface area contributed by atoms with Crippen LogP contribution in [0.4, 0.5) is 0 Å². The van der Waals surface area contributed by atoms with Crippen molar-refractivity contribution in [1.29, 1.82) is 0 Å². The van der Waals surface area contributed by atoms with Gasteiger partial charge in [-0.05, 0) is 43.2 Å². The van der Waals surface area contributed by atoms with Crippen LogP contribution in [0.1, 0.15) is 31.4 Å². The molecular formula is C14H18Cl2N2. The van der Waals surface area contributed by atoms with Crippen molar-refractivity contribution in [2.45, 2.75) is 32.2 Å². The number of hydrogen-bond acceptors (Lipinski definition) is 2. The number of hydrogen-bond donors (Lipinski definition) is 0. The number of aromatic nitrogens is 1. The Morgan fingerprint density at radius 3 is 2.61 bits per heavy atom. The Morgan fingerprint density at radius 1 is 1.17 bits per heavy atom. The minimum atomic E-state index is 0.534. The molecule has 2 bridgehead atoms. The molecule has 98 valence electrons. The van der Waals surface area contributed by atoms with E-state index >= 15 is 0 Å². The minimum absolute atomic E-state index is 0.534. The lowest BCUT2D eigenvalue weighted by atomic mass is 9.78. The first-order valence-electron chi connectivity index (χ1n) is 6.74. The van der Waals surface area contributed by atoms with E-state index in [-0.39, 0.29) is 0 Å². The zero-order chi connectivity index (χ0) is 12.5. The molecule has 2 fully saturated rings. The SMILES string of the molecule is Clc1ccc(Cl)c(CN2CC3CCCC(C3)C2)n1. The van der Waals surface area contributed by atoms with Gasteiger partial charge in [0.2, 0.25) is 0 Å². The van der Waals surface area contributed by atoms with Crippen molar-refractivity contribution in [3.8, 4) is 0 Å². The highest BCUT2D eigenvalue weighted by Gasteiger charge is 2.30. The summed E-state index contributed by atoms with van der Waals surface area (Å²) < 4.78 is 0. The standard InChI is InChI=1S/C14H18Cl2N2/c15-12-4-5-14(16)17-13(12)9-18-7-10-2-1-3-11(6-10)8-18/h4-5,10-11H,1-3,6-9H2. The van der Waals surface area contributed by atoms with Gasteiger partial charge in [0, 0.05) is 19.6 Å². The van der Waals surface area contributed by atoms with Crippen LogP contribution in [0.5, 0.6) is 0 Å². The first-order valence-corrected chi connectivity index (χ1v) is 7.49. The highest BCUT2D eigenvalue weighted by Crippen LogP contribution is 2.35. The quantitative estimate of drug-likeness (QED) is 0.763. The van der Waals surface area contributed by atoms with Crippen LogP contribution in [-0.2, 0) is 6.54 Å². The highest BCUT2D eigenvalue weighted by atomic mass is 35.5. The second-order valence-electron chi connectivity index (χ2n) is 5.66. The Morgan fingerprint density at radius 2 is 1.89 bits per heavy atom. The summed E-state index contributed by atoms with van der Waals surface area (Å²) in [5, 5.41) is 1.27. The van der Waals surface area contributed by atoms with E-state index in [0.29, 0.717) is 5.15 Å². The third kappa shape index (κ3) is 2.81. The van der Waals surface area contributed by atoms with Gasteiger partial charge in [0.1, 0.15) is 5.15 Å². The van der Waals surface area contributed by atoms with Crippen LogP contribution >= 0.6 is 23.2 Å². The number of piperidine rings is 1. The van der Waals surface area contributed by atoms with E-state index in [1.807, 2.05) is 6.07 Å². The molecule has 4 heteroatoms. The lowest BCUT2D eigenvalue weighted by molar-refractivity contribution is 0.0799. The smallest absolute Gasteiger partial charge is 0.129 e. The van der Waals surface area contributed by atoms with Crippen molar-refractivity contribution < 1.29 is 0 Å². The van der Waals surface area contributed by atoms with E-state index < -0.39 is 0 Å². The summed E-state index contributed by atoms with van der Waals surface area (Å²) in [5.74, 6) is 1.77. The van der Waals surface area contributed by atoms with Gasteiger partial charge in [-0.25, -0.2) is 4.98 Å². The maximum absolute atomic E-state index is 6.19. The first kappa shape index (κ1) is 12.7. The fourth-order valence-electron chi connectivity index (χ4n) is 3.45. The number of nitrogens with zero attached hydrogens (tertiary/aromatic N) is 2. The number of fused-ring (bicyclic) bond motifs is 2. The molecule has 2 atom stereocenters. The van der Waals surface area contributed by atoms with Gasteiger partial charge >= 0.3 is 0 Å². The maximum Gasteiger partial charge on any atom is 0.129 e. The minimum Gasteiger partial charge on any atom is -0.297 e. The van der Waals surface area contributed by atoms with Crippen molar-refractivity contribution in [2.24, 2.45) is 11.8 Å². The molecule has 1 aliphatic carbocycles. The highest BCUT2D eigenvalue weighted by molar-refractivity contribution is 6.32. The lowest BCUT2D eigenvalue weighted by Crippen LogP contribution is -2.42. The Kier molecular flexibility index (Phi) is 3.78. The number of likely N-dealkylation sites (tertiary alicyclic amines) is 1. The third-order valence-electron chi connectivity index (χ3n) is 4.18. The summed E-state index contributed by atoms with van der Waals surface area (Å²) in [7, 11) is 0. The van der Waals surface area contributed by atoms with Crippen LogP contribution < -0.4 is 0 Å². The molecule has 1 aliphatic heterocycles. The van der Waals surface area contributed by atoms with Crippen molar-refractivity contribution in [3.05, 3.63) is 28.0 Å². The molecule has 1 aromatic heterocycles. The van der Waals surface area contributed by atoms with E-state index in [2.05, 4.69) is 9.88 Å². The predicted octanol–water partition coefficient (Wildman–Crippen LogP) is 4.01. The van der Waals surface area contributed by atoms with Gasteiger partial charge in [0.15, 0.2) is 0 Å². The van der Waals surface area contributed by atoms with Gasteiger partial charge in [-0.2, -0.15) is 0 Å². The molecule has 3 rings (SSSR count). The molecular weight excluding hydrogens is 267 g/mol. The maximum atomic E-state index is 6.19. The van der Waals surface area contributed by atoms with Crippen molar-refractivity contribution >= 4 is 23.2 Å². The Labute approximate surface area is 118 Å². The third-order valence-corrected chi connectivity index (χ3v) is 4.74. The van der Waals surface area contributed by atoms with E-state index in [0.717, 1.165) is 29.1 Å². The van der Waals surface area contributed by atoms with Gasteiger partial charge in [-0.15, -0.1) is 0 Å². The summed E-state index contributed by atoms with van der Waals surface area (Å²) in [5.41, 5.74) is 0.921. The molecule has 0 spiro atoms. The van der Waals surface area contributed by atoms with E-state index in [1.54, 1.807) is 6.07 Å². The largest absolute Gasteiger partial charge is 0.297 e. The van der Waals surface area contributed by atoms with Gasteiger partial charge in [-0.3, -0.25) is 4.90 Å². The normalized spacial score (nSPS) is 28.3.